The summed E-state index contributed by atoms with van der Waals surface area (Å²) in [5.74, 6) is 1.22. The summed E-state index contributed by atoms with van der Waals surface area (Å²) in [6.45, 7) is 4.67. The molecule has 5 rings (SSSR count). The lowest BCUT2D eigenvalue weighted by Crippen LogP contribution is -2.25. The molecule has 6 nitrogen and oxygen atoms in total. The molecule has 0 atom stereocenters. The Hall–Kier alpha value is -4.06. The van der Waals surface area contributed by atoms with Gasteiger partial charge in [-0.3, -0.25) is 4.79 Å². The normalized spacial score (nSPS) is 12.1. The third-order valence-electron chi connectivity index (χ3n) is 5.48. The van der Waals surface area contributed by atoms with Gasteiger partial charge in [0.2, 0.25) is 6.79 Å². The molecule has 3 aromatic carbocycles. The van der Waals surface area contributed by atoms with Gasteiger partial charge < -0.3 is 14.8 Å². The van der Waals surface area contributed by atoms with Crippen molar-refractivity contribution in [1.29, 1.82) is 0 Å². The average molecular weight is 425 g/mol. The predicted octanol–water partition coefficient (Wildman–Crippen LogP) is 4.81. The molecule has 1 aliphatic rings. The average Bonchev–Trinajstić information content (AvgIpc) is 3.45. The number of nitrogens with one attached hydrogen (secondary N) is 1. The van der Waals surface area contributed by atoms with E-state index in [1.165, 1.54) is 0 Å². The number of rotatable bonds is 5. The van der Waals surface area contributed by atoms with Crippen LogP contribution < -0.4 is 14.8 Å². The molecule has 0 spiro atoms. The minimum Gasteiger partial charge on any atom is -0.454 e. The highest BCUT2D eigenvalue weighted by Gasteiger charge is 2.19. The maximum atomic E-state index is 13.2. The summed E-state index contributed by atoms with van der Waals surface area (Å²) in [7, 11) is 0. The lowest BCUT2D eigenvalue weighted by atomic mass is 10.1. The van der Waals surface area contributed by atoms with Gasteiger partial charge in [0.25, 0.3) is 5.91 Å². The quantitative estimate of drug-likeness (QED) is 0.498. The van der Waals surface area contributed by atoms with Crippen LogP contribution in [0.1, 0.15) is 27.2 Å². The van der Waals surface area contributed by atoms with E-state index in [9.17, 15) is 4.79 Å². The number of aryl methyl sites for hydroxylation is 2. The molecule has 1 aromatic heterocycles. The highest BCUT2D eigenvalue weighted by atomic mass is 16.7. The summed E-state index contributed by atoms with van der Waals surface area (Å²) >= 11 is 0. The third kappa shape index (κ3) is 3.83. The maximum Gasteiger partial charge on any atom is 0.270 e. The van der Waals surface area contributed by atoms with Gasteiger partial charge in [-0.1, -0.05) is 54.1 Å². The predicted molar refractivity (Wildman–Crippen MR) is 122 cm³/mol. The Kier molecular flexibility index (Phi) is 5.11. The lowest BCUT2D eigenvalue weighted by molar-refractivity contribution is 0.0943. The number of benzene rings is 3. The number of ether oxygens (including phenoxy) is 2. The zero-order valence-electron chi connectivity index (χ0n) is 18.0. The van der Waals surface area contributed by atoms with Crippen molar-refractivity contribution in [3.8, 4) is 28.4 Å². The molecule has 6 heteroatoms. The second-order valence-electron chi connectivity index (χ2n) is 7.85. The molecule has 0 fully saturated rings. The number of carbonyl (C=O) groups is 1. The van der Waals surface area contributed by atoms with Gasteiger partial charge in [0.15, 0.2) is 11.5 Å². The van der Waals surface area contributed by atoms with Crippen molar-refractivity contribution in [3.05, 3.63) is 95.2 Å². The van der Waals surface area contributed by atoms with Gasteiger partial charge in [0.05, 0.1) is 11.4 Å². The van der Waals surface area contributed by atoms with Crippen molar-refractivity contribution in [3.63, 3.8) is 0 Å². The fraction of sp³-hybridized carbons (Fsp3) is 0.154. The van der Waals surface area contributed by atoms with Crippen LogP contribution in [0, 0.1) is 13.8 Å². The molecule has 0 unspecified atom stereocenters. The number of hydrogen-bond acceptors (Lipinski definition) is 4. The second-order valence-corrected chi connectivity index (χ2v) is 7.85. The van der Waals surface area contributed by atoms with Gasteiger partial charge >= 0.3 is 0 Å². The first-order chi connectivity index (χ1) is 15.6. The van der Waals surface area contributed by atoms with E-state index >= 15 is 0 Å². The zero-order chi connectivity index (χ0) is 22.1. The summed E-state index contributed by atoms with van der Waals surface area (Å²) in [6, 6.07) is 23.5. The standard InChI is InChI=1S/C26H23N3O3/c1-17-8-10-22(18(2)12-17)29-23(14-21(28-29)20-6-4-3-5-7-20)26(30)27-15-19-9-11-24-25(13-19)32-16-31-24/h3-14H,15-16H2,1-2H3,(H,27,30). The molecule has 1 amide bonds. The summed E-state index contributed by atoms with van der Waals surface area (Å²) in [5, 5.41) is 7.80. The number of carbonyl (C=O) groups excluding carboxylic acids is 1. The summed E-state index contributed by atoms with van der Waals surface area (Å²) in [5.41, 5.74) is 6.22. The Morgan fingerprint density at radius 2 is 1.78 bits per heavy atom. The van der Waals surface area contributed by atoms with Crippen molar-refractivity contribution < 1.29 is 14.3 Å². The van der Waals surface area contributed by atoms with Crippen LogP contribution in [0.25, 0.3) is 16.9 Å². The van der Waals surface area contributed by atoms with E-state index < -0.39 is 0 Å². The van der Waals surface area contributed by atoms with Crippen molar-refractivity contribution >= 4 is 5.91 Å². The van der Waals surface area contributed by atoms with Gasteiger partial charge in [-0.2, -0.15) is 5.10 Å². The molecule has 1 N–H and O–H groups in total. The van der Waals surface area contributed by atoms with Gasteiger partial charge in [-0.05, 0) is 49.2 Å². The number of amides is 1. The highest BCUT2D eigenvalue weighted by Crippen LogP contribution is 2.32. The van der Waals surface area contributed by atoms with E-state index in [2.05, 4.69) is 11.4 Å². The Labute approximate surface area is 186 Å². The van der Waals surface area contributed by atoms with Crippen LogP contribution in [0.5, 0.6) is 11.5 Å². The zero-order valence-corrected chi connectivity index (χ0v) is 18.0. The Morgan fingerprint density at radius 1 is 0.969 bits per heavy atom. The van der Waals surface area contributed by atoms with Crippen LogP contribution in [-0.4, -0.2) is 22.5 Å². The molecule has 0 aliphatic carbocycles. The van der Waals surface area contributed by atoms with E-state index in [1.807, 2.05) is 80.6 Å². The van der Waals surface area contributed by atoms with Gasteiger partial charge in [-0.25, -0.2) is 4.68 Å². The van der Waals surface area contributed by atoms with Gasteiger partial charge in [-0.15, -0.1) is 0 Å². The highest BCUT2D eigenvalue weighted by molar-refractivity contribution is 5.94. The van der Waals surface area contributed by atoms with Crippen LogP contribution in [0.3, 0.4) is 0 Å². The first-order valence-corrected chi connectivity index (χ1v) is 10.5. The molecule has 160 valence electrons. The molecule has 0 saturated heterocycles. The summed E-state index contributed by atoms with van der Waals surface area (Å²) in [6.07, 6.45) is 0. The Bertz CT molecular complexity index is 1300. The fourth-order valence-electron chi connectivity index (χ4n) is 3.84. The largest absolute Gasteiger partial charge is 0.454 e. The van der Waals surface area contributed by atoms with E-state index in [-0.39, 0.29) is 12.7 Å². The van der Waals surface area contributed by atoms with Crippen LogP contribution in [-0.2, 0) is 6.54 Å². The minimum atomic E-state index is -0.197. The molecule has 32 heavy (non-hydrogen) atoms. The summed E-state index contributed by atoms with van der Waals surface area (Å²) in [4.78, 5) is 13.2. The fourth-order valence-corrected chi connectivity index (χ4v) is 3.84. The molecule has 1 aliphatic heterocycles. The molecular formula is C26H23N3O3. The van der Waals surface area contributed by atoms with Crippen molar-refractivity contribution in [2.75, 3.05) is 6.79 Å². The minimum absolute atomic E-state index is 0.197. The monoisotopic (exact) mass is 425 g/mol. The SMILES string of the molecule is Cc1ccc(-n2nc(-c3ccccc3)cc2C(=O)NCc2ccc3c(c2)OCO3)c(C)c1. The van der Waals surface area contributed by atoms with Crippen LogP contribution in [0.2, 0.25) is 0 Å². The van der Waals surface area contributed by atoms with Crippen LogP contribution in [0.15, 0.2) is 72.8 Å². The molecule has 4 aromatic rings. The third-order valence-corrected chi connectivity index (χ3v) is 5.48. The van der Waals surface area contributed by atoms with Crippen molar-refractivity contribution in [2.45, 2.75) is 20.4 Å². The molecule has 2 heterocycles. The molecular weight excluding hydrogens is 402 g/mol. The molecule has 0 bridgehead atoms. The first-order valence-electron chi connectivity index (χ1n) is 10.5. The molecule has 0 saturated carbocycles. The number of nitrogens with zero attached hydrogens (tertiary/aromatic N) is 2. The van der Waals surface area contributed by atoms with Crippen LogP contribution >= 0.6 is 0 Å². The Balaban J connectivity index is 1.47. The first kappa shape index (κ1) is 19.9. The van der Waals surface area contributed by atoms with E-state index in [4.69, 9.17) is 14.6 Å². The Morgan fingerprint density at radius 3 is 2.59 bits per heavy atom. The number of hydrogen-bond donors (Lipinski definition) is 1. The van der Waals surface area contributed by atoms with E-state index in [1.54, 1.807) is 4.68 Å². The number of fused-ring (bicyclic) bond motifs is 1. The van der Waals surface area contributed by atoms with Crippen LogP contribution in [0.4, 0.5) is 0 Å². The van der Waals surface area contributed by atoms with Crippen molar-refractivity contribution in [2.24, 2.45) is 0 Å². The topological polar surface area (TPSA) is 65.4 Å². The maximum absolute atomic E-state index is 13.2. The summed E-state index contributed by atoms with van der Waals surface area (Å²) < 4.78 is 12.5. The number of aromatic nitrogens is 2. The second kappa shape index (κ2) is 8.23. The van der Waals surface area contributed by atoms with E-state index in [0.717, 1.165) is 39.4 Å². The van der Waals surface area contributed by atoms with Gasteiger partial charge in [0.1, 0.15) is 5.69 Å². The smallest absolute Gasteiger partial charge is 0.270 e. The van der Waals surface area contributed by atoms with E-state index in [0.29, 0.717) is 18.0 Å². The van der Waals surface area contributed by atoms with Gasteiger partial charge in [0, 0.05) is 12.1 Å². The molecule has 0 radical (unpaired) electrons. The van der Waals surface area contributed by atoms with Crippen molar-refractivity contribution in [1.82, 2.24) is 15.1 Å². The lowest BCUT2D eigenvalue weighted by Gasteiger charge is -2.11.